The first-order valence-corrected chi connectivity index (χ1v) is 15.4. The Balaban J connectivity index is 1.24. The van der Waals surface area contributed by atoms with Gasteiger partial charge in [-0.05, 0) is 63.2 Å². The third-order valence-electron chi connectivity index (χ3n) is 9.63. The van der Waals surface area contributed by atoms with E-state index in [0.717, 1.165) is 77.9 Å². The van der Waals surface area contributed by atoms with Crippen molar-refractivity contribution in [2.75, 3.05) is 56.2 Å². The Morgan fingerprint density at radius 1 is 1.05 bits per heavy atom. The number of likely N-dealkylation sites (N-methyl/N-ethyl adjacent to an activating group) is 1. The minimum absolute atomic E-state index is 0.0207. The van der Waals surface area contributed by atoms with Gasteiger partial charge in [0.25, 0.3) is 0 Å². The molecule has 3 saturated heterocycles. The van der Waals surface area contributed by atoms with Crippen molar-refractivity contribution in [3.63, 3.8) is 0 Å². The normalized spacial score (nSPS) is 23.3. The minimum atomic E-state index is -0.824. The maximum Gasteiger partial charge on any atom is 0.407 e. The highest BCUT2D eigenvalue weighted by Crippen LogP contribution is 2.38. The largest absolute Gasteiger partial charge is 0.465 e. The number of amides is 1. The van der Waals surface area contributed by atoms with Crippen molar-refractivity contribution in [1.29, 1.82) is 0 Å². The first-order chi connectivity index (χ1) is 21.0. The van der Waals surface area contributed by atoms with Crippen molar-refractivity contribution in [3.8, 4) is 17.9 Å². The van der Waals surface area contributed by atoms with Crippen molar-refractivity contribution >= 4 is 28.4 Å². The van der Waals surface area contributed by atoms with Crippen LogP contribution in [0.1, 0.15) is 42.5 Å². The number of hydrogen-bond acceptors (Lipinski definition) is 8. The fraction of sp³-hybridized carbons (Fsp3) is 0.485. The van der Waals surface area contributed by atoms with Gasteiger partial charge in [0.15, 0.2) is 0 Å². The minimum Gasteiger partial charge on any atom is -0.465 e. The number of aliphatic hydroxyl groups excluding tert-OH is 1. The first-order valence-electron chi connectivity index (χ1n) is 15.4. The highest BCUT2D eigenvalue weighted by Gasteiger charge is 2.44. The summed E-state index contributed by atoms with van der Waals surface area (Å²) in [5.41, 5.74) is 4.07. The number of piperazine rings is 1. The molecule has 224 valence electrons. The van der Waals surface area contributed by atoms with Crippen LogP contribution in [-0.2, 0) is 13.0 Å². The van der Waals surface area contributed by atoms with E-state index in [1.54, 1.807) is 4.90 Å². The van der Waals surface area contributed by atoms with Crippen LogP contribution >= 0.6 is 0 Å². The van der Waals surface area contributed by atoms with Gasteiger partial charge in [0.05, 0.1) is 24.3 Å². The van der Waals surface area contributed by atoms with E-state index < -0.39 is 6.09 Å². The Morgan fingerprint density at radius 2 is 1.84 bits per heavy atom. The Bertz CT molecular complexity index is 1580. The average Bonchev–Trinajstić information content (AvgIpc) is 3.56. The second kappa shape index (κ2) is 11.5. The average molecular weight is 583 g/mol. The topological polar surface area (TPSA) is 106 Å². The molecule has 10 nitrogen and oxygen atoms in total. The molecule has 43 heavy (non-hydrogen) atoms. The predicted molar refractivity (Wildman–Crippen MR) is 165 cm³/mol. The second-order valence-corrected chi connectivity index (χ2v) is 12.1. The summed E-state index contributed by atoms with van der Waals surface area (Å²) in [5.74, 6) is 6.86. The summed E-state index contributed by atoms with van der Waals surface area (Å²) in [7, 11) is 2.14. The van der Waals surface area contributed by atoms with E-state index >= 15 is 0 Å². The second-order valence-electron chi connectivity index (χ2n) is 12.1. The van der Waals surface area contributed by atoms with Gasteiger partial charge in [-0.2, -0.15) is 9.97 Å². The van der Waals surface area contributed by atoms with Crippen molar-refractivity contribution in [2.45, 2.75) is 56.8 Å². The number of rotatable bonds is 5. The van der Waals surface area contributed by atoms with E-state index in [9.17, 15) is 15.0 Å². The van der Waals surface area contributed by atoms with E-state index in [0.29, 0.717) is 38.3 Å². The zero-order valence-corrected chi connectivity index (χ0v) is 24.6. The molecule has 0 spiro atoms. The summed E-state index contributed by atoms with van der Waals surface area (Å²) in [4.78, 5) is 30.6. The molecular formula is C33H38N6O4. The van der Waals surface area contributed by atoms with Gasteiger partial charge in [-0.1, -0.05) is 36.1 Å². The molecule has 3 fully saturated rings. The molecule has 0 saturated carbocycles. The molecule has 4 aliphatic rings. The Kier molecular flexibility index (Phi) is 7.45. The van der Waals surface area contributed by atoms with Crippen LogP contribution in [0, 0.1) is 11.8 Å². The summed E-state index contributed by atoms with van der Waals surface area (Å²) in [6.45, 7) is 4.11. The van der Waals surface area contributed by atoms with Gasteiger partial charge in [-0.25, -0.2) is 4.79 Å². The predicted octanol–water partition coefficient (Wildman–Crippen LogP) is 3.34. The number of ether oxygens (including phenoxy) is 1. The SMILES string of the molecule is CN1CCCC1COc1nc2c(c(N3C[C@H]4CC[C@@H](C3)N4C(=O)O)n1)CCN(c1cccc3cccc(C#CCO)c13)C2. The molecule has 2 bridgehead atoms. The first kappa shape index (κ1) is 27.7. The highest BCUT2D eigenvalue weighted by molar-refractivity contribution is 5.99. The summed E-state index contributed by atoms with van der Waals surface area (Å²) >= 11 is 0. The summed E-state index contributed by atoms with van der Waals surface area (Å²) in [6.07, 6.45) is 3.98. The van der Waals surface area contributed by atoms with Crippen LogP contribution in [0.25, 0.3) is 10.8 Å². The van der Waals surface area contributed by atoms with Crippen molar-refractivity contribution in [1.82, 2.24) is 19.8 Å². The molecule has 0 aliphatic carbocycles. The van der Waals surface area contributed by atoms with Gasteiger partial charge in [-0.3, -0.25) is 4.90 Å². The standard InChI is InChI=1S/C33H38N6O4/c1-36-15-4-10-26(36)21-43-32-34-28-20-37(29-11-3-8-22-6-2-7-23(30(22)29)9-5-17-40)16-14-27(28)31(35-32)38-18-24-12-13-25(19-38)39(24)33(41)42/h2-3,6-8,11,24-26,40H,4,10,12-21H2,1H3,(H,41,42)/t24-,25+,26?. The van der Waals surface area contributed by atoms with Gasteiger partial charge >= 0.3 is 12.1 Å². The molecule has 7 rings (SSSR count). The van der Waals surface area contributed by atoms with Gasteiger partial charge in [0.2, 0.25) is 0 Å². The number of hydrogen-bond donors (Lipinski definition) is 2. The number of benzene rings is 2. The molecule has 1 amide bonds. The fourth-order valence-corrected chi connectivity index (χ4v) is 7.49. The number of aromatic nitrogens is 2. The Morgan fingerprint density at radius 3 is 2.56 bits per heavy atom. The lowest BCUT2D eigenvalue weighted by molar-refractivity contribution is 0.114. The molecule has 0 radical (unpaired) electrons. The molecule has 2 aromatic carbocycles. The molecule has 5 heterocycles. The molecule has 3 atom stereocenters. The summed E-state index contributed by atoms with van der Waals surface area (Å²) in [5, 5.41) is 21.3. The van der Waals surface area contributed by atoms with Crippen LogP contribution in [0.3, 0.4) is 0 Å². The van der Waals surface area contributed by atoms with Crippen molar-refractivity contribution < 1.29 is 19.7 Å². The number of fused-ring (bicyclic) bond motifs is 4. The lowest BCUT2D eigenvalue weighted by atomic mass is 9.99. The van der Waals surface area contributed by atoms with Gasteiger partial charge in [0.1, 0.15) is 19.0 Å². The van der Waals surface area contributed by atoms with Gasteiger partial charge < -0.3 is 29.6 Å². The van der Waals surface area contributed by atoms with Crippen LogP contribution in [0.5, 0.6) is 6.01 Å². The van der Waals surface area contributed by atoms with Gasteiger partial charge in [-0.15, -0.1) is 0 Å². The molecule has 1 unspecified atom stereocenters. The maximum atomic E-state index is 12.0. The molecule has 10 heteroatoms. The Hall–Kier alpha value is -4.07. The molecule has 3 aromatic rings. The number of carboxylic acid groups (broad SMARTS) is 1. The summed E-state index contributed by atoms with van der Waals surface area (Å²) in [6, 6.07) is 13.1. The van der Waals surface area contributed by atoms with Crippen LogP contribution in [-0.4, -0.2) is 101 Å². The van der Waals surface area contributed by atoms with Crippen LogP contribution < -0.4 is 14.5 Å². The number of carbonyl (C=O) groups is 1. The lowest BCUT2D eigenvalue weighted by Gasteiger charge is -2.41. The van der Waals surface area contributed by atoms with Crippen molar-refractivity contribution in [2.24, 2.45) is 0 Å². The molecule has 1 aromatic heterocycles. The van der Waals surface area contributed by atoms with E-state index in [-0.39, 0.29) is 18.7 Å². The number of anilines is 2. The fourth-order valence-electron chi connectivity index (χ4n) is 7.49. The van der Waals surface area contributed by atoms with Crippen molar-refractivity contribution in [3.05, 3.63) is 53.2 Å². The Labute approximate surface area is 251 Å². The zero-order chi connectivity index (χ0) is 29.5. The third kappa shape index (κ3) is 5.21. The van der Waals surface area contributed by atoms with E-state index in [1.807, 2.05) is 12.1 Å². The third-order valence-corrected chi connectivity index (χ3v) is 9.63. The number of nitrogens with zero attached hydrogens (tertiary/aromatic N) is 6. The van der Waals surface area contributed by atoms with Crippen LogP contribution in [0.15, 0.2) is 36.4 Å². The van der Waals surface area contributed by atoms with Crippen LogP contribution in [0.2, 0.25) is 0 Å². The quantitative estimate of drug-likeness (QED) is 0.438. The highest BCUT2D eigenvalue weighted by atomic mass is 16.5. The zero-order valence-electron chi connectivity index (χ0n) is 24.6. The van der Waals surface area contributed by atoms with Crippen LogP contribution in [0.4, 0.5) is 16.3 Å². The summed E-state index contributed by atoms with van der Waals surface area (Å²) < 4.78 is 6.31. The maximum absolute atomic E-state index is 12.0. The van der Waals surface area contributed by atoms with E-state index in [1.165, 1.54) is 6.42 Å². The molecular weight excluding hydrogens is 544 g/mol. The monoisotopic (exact) mass is 582 g/mol. The van der Waals surface area contributed by atoms with E-state index in [4.69, 9.17) is 14.7 Å². The van der Waals surface area contributed by atoms with Gasteiger partial charge in [0, 0.05) is 47.9 Å². The van der Waals surface area contributed by atoms with E-state index in [2.05, 4.69) is 57.9 Å². The molecule has 2 N–H and O–H groups in total. The number of aliphatic hydroxyl groups is 1. The molecule has 4 aliphatic heterocycles. The number of likely N-dealkylation sites (tertiary alicyclic amines) is 1. The lowest BCUT2D eigenvalue weighted by Crippen LogP contribution is -2.56. The smallest absolute Gasteiger partial charge is 0.407 e.